The van der Waals surface area contributed by atoms with E-state index in [9.17, 15) is 10.1 Å². The highest BCUT2D eigenvalue weighted by molar-refractivity contribution is 6.13. The Balaban J connectivity index is 2.25. The molecule has 0 amide bonds. The molecule has 0 saturated heterocycles. The summed E-state index contributed by atoms with van der Waals surface area (Å²) in [7, 11) is 0. The lowest BCUT2D eigenvalue weighted by Gasteiger charge is -2.04. The van der Waals surface area contributed by atoms with Crippen molar-refractivity contribution in [3.8, 4) is 6.07 Å². The van der Waals surface area contributed by atoms with Gasteiger partial charge in [-0.3, -0.25) is 4.79 Å². The Morgan fingerprint density at radius 1 is 1.19 bits per heavy atom. The van der Waals surface area contributed by atoms with Crippen LogP contribution in [0.15, 0.2) is 48.7 Å². The fourth-order valence-corrected chi connectivity index (χ4v) is 2.42. The van der Waals surface area contributed by atoms with E-state index in [1.54, 1.807) is 34.9 Å². The number of ketones is 1. The molecule has 4 nitrogen and oxygen atoms in total. The third kappa shape index (κ3) is 1.96. The van der Waals surface area contributed by atoms with Crippen LogP contribution in [0.2, 0.25) is 0 Å². The van der Waals surface area contributed by atoms with Gasteiger partial charge in [0.05, 0.1) is 11.2 Å². The number of carbonyl (C=O) groups is 1. The Hall–Kier alpha value is -3.06. The summed E-state index contributed by atoms with van der Waals surface area (Å²) in [5, 5.41) is 9.26. The molecule has 0 radical (unpaired) electrons. The van der Waals surface area contributed by atoms with Crippen LogP contribution in [0.25, 0.3) is 5.52 Å². The third-order valence-corrected chi connectivity index (χ3v) is 3.52. The maximum absolute atomic E-state index is 12.7. The monoisotopic (exact) mass is 275 g/mol. The number of anilines is 1. The molecule has 2 aromatic heterocycles. The van der Waals surface area contributed by atoms with Gasteiger partial charge in [0.25, 0.3) is 0 Å². The van der Waals surface area contributed by atoms with Crippen LogP contribution in [-0.4, -0.2) is 10.2 Å². The Morgan fingerprint density at radius 2 is 1.90 bits per heavy atom. The molecule has 3 rings (SSSR count). The molecule has 0 fully saturated rings. The van der Waals surface area contributed by atoms with Crippen molar-refractivity contribution in [1.29, 1.82) is 5.26 Å². The maximum Gasteiger partial charge on any atom is 0.211 e. The molecule has 0 saturated carbocycles. The second-order valence-corrected chi connectivity index (χ2v) is 4.90. The minimum Gasteiger partial charge on any atom is -0.396 e. The number of nitrogens with two attached hydrogens (primary N) is 1. The number of aromatic nitrogens is 1. The van der Waals surface area contributed by atoms with Crippen molar-refractivity contribution in [2.24, 2.45) is 0 Å². The summed E-state index contributed by atoms with van der Waals surface area (Å²) >= 11 is 0. The van der Waals surface area contributed by atoms with Gasteiger partial charge in [-0.05, 0) is 19.1 Å². The van der Waals surface area contributed by atoms with Crippen LogP contribution in [0.5, 0.6) is 0 Å². The number of fused-ring (bicyclic) bond motifs is 1. The number of nitrogen functional groups attached to an aromatic ring is 1. The van der Waals surface area contributed by atoms with E-state index < -0.39 is 0 Å². The summed E-state index contributed by atoms with van der Waals surface area (Å²) in [6.07, 6.45) is 1.74. The van der Waals surface area contributed by atoms with Crippen LogP contribution in [0.1, 0.15) is 27.2 Å². The quantitative estimate of drug-likeness (QED) is 0.731. The van der Waals surface area contributed by atoms with E-state index in [4.69, 9.17) is 5.73 Å². The number of benzene rings is 1. The first-order chi connectivity index (χ1) is 10.1. The molecule has 0 aliphatic rings. The highest BCUT2D eigenvalue weighted by atomic mass is 16.1. The fourth-order valence-electron chi connectivity index (χ4n) is 2.42. The lowest BCUT2D eigenvalue weighted by molar-refractivity contribution is 0.103. The van der Waals surface area contributed by atoms with Gasteiger partial charge in [-0.15, -0.1) is 0 Å². The molecule has 3 aromatic rings. The van der Waals surface area contributed by atoms with Gasteiger partial charge in [0.1, 0.15) is 17.3 Å². The van der Waals surface area contributed by atoms with Crippen molar-refractivity contribution >= 4 is 17.0 Å². The van der Waals surface area contributed by atoms with Gasteiger partial charge < -0.3 is 10.1 Å². The molecule has 2 heterocycles. The molecule has 0 aliphatic carbocycles. The Bertz CT molecular complexity index is 883. The van der Waals surface area contributed by atoms with E-state index in [0.29, 0.717) is 22.3 Å². The van der Waals surface area contributed by atoms with Crippen molar-refractivity contribution in [2.45, 2.75) is 6.92 Å². The number of hydrogen-bond donors (Lipinski definition) is 1. The zero-order valence-corrected chi connectivity index (χ0v) is 11.5. The van der Waals surface area contributed by atoms with Gasteiger partial charge in [0, 0.05) is 11.8 Å². The summed E-state index contributed by atoms with van der Waals surface area (Å²) in [4.78, 5) is 12.7. The van der Waals surface area contributed by atoms with E-state index in [-0.39, 0.29) is 11.5 Å². The lowest BCUT2D eigenvalue weighted by atomic mass is 10.1. The largest absolute Gasteiger partial charge is 0.396 e. The van der Waals surface area contributed by atoms with E-state index in [1.165, 1.54) is 0 Å². The lowest BCUT2D eigenvalue weighted by Crippen LogP contribution is -2.08. The number of carbonyl (C=O) groups excluding carboxylic acids is 1. The molecule has 0 bridgehead atoms. The van der Waals surface area contributed by atoms with Crippen LogP contribution in [-0.2, 0) is 0 Å². The second kappa shape index (κ2) is 4.80. The molecule has 102 valence electrons. The Labute approximate surface area is 122 Å². The molecule has 2 N–H and O–H groups in total. The van der Waals surface area contributed by atoms with E-state index in [1.807, 2.05) is 25.1 Å². The Morgan fingerprint density at radius 3 is 2.57 bits per heavy atom. The molecule has 4 heteroatoms. The molecule has 1 aromatic carbocycles. The average molecular weight is 275 g/mol. The first kappa shape index (κ1) is 12.9. The van der Waals surface area contributed by atoms with Gasteiger partial charge in [-0.1, -0.05) is 35.9 Å². The van der Waals surface area contributed by atoms with Crippen LogP contribution >= 0.6 is 0 Å². The molecular weight excluding hydrogens is 262 g/mol. The molecule has 0 spiro atoms. The van der Waals surface area contributed by atoms with Crippen LogP contribution in [0.3, 0.4) is 0 Å². The molecule has 0 atom stereocenters. The standard InChI is InChI=1S/C17H13N3O/c1-11-5-7-12(8-6-11)17(21)16-15(19)13(10-18)14-4-2-3-9-20(14)16/h2-9H,19H2,1H3. The fraction of sp³-hybridized carbons (Fsp3) is 0.0588. The Kier molecular flexibility index (Phi) is 2.96. The van der Waals surface area contributed by atoms with Crippen molar-refractivity contribution < 1.29 is 4.79 Å². The average Bonchev–Trinajstić information content (AvgIpc) is 2.78. The van der Waals surface area contributed by atoms with Crippen molar-refractivity contribution in [3.63, 3.8) is 0 Å². The normalized spacial score (nSPS) is 10.5. The SMILES string of the molecule is Cc1ccc(C(=O)c2c(N)c(C#N)c3ccccn23)cc1. The van der Waals surface area contributed by atoms with Crippen LogP contribution < -0.4 is 5.73 Å². The molecular formula is C17H13N3O. The van der Waals surface area contributed by atoms with E-state index >= 15 is 0 Å². The van der Waals surface area contributed by atoms with Crippen LogP contribution in [0, 0.1) is 18.3 Å². The number of nitrogens with zero attached hydrogens (tertiary/aromatic N) is 2. The molecule has 21 heavy (non-hydrogen) atoms. The summed E-state index contributed by atoms with van der Waals surface area (Å²) in [6, 6.07) is 14.8. The predicted octanol–water partition coefficient (Wildman–Crippen LogP) is 2.93. The molecule has 0 unspecified atom stereocenters. The highest BCUT2D eigenvalue weighted by Gasteiger charge is 2.22. The van der Waals surface area contributed by atoms with Crippen molar-refractivity contribution in [2.75, 3.05) is 5.73 Å². The van der Waals surface area contributed by atoms with Gasteiger partial charge in [0.2, 0.25) is 5.78 Å². The summed E-state index contributed by atoms with van der Waals surface area (Å²) < 4.78 is 1.68. The predicted molar refractivity (Wildman–Crippen MR) is 81.1 cm³/mol. The summed E-state index contributed by atoms with van der Waals surface area (Å²) in [5.41, 5.74) is 9.22. The maximum atomic E-state index is 12.7. The highest BCUT2D eigenvalue weighted by Crippen LogP contribution is 2.27. The summed E-state index contributed by atoms with van der Waals surface area (Å²) in [6.45, 7) is 1.96. The number of hydrogen-bond acceptors (Lipinski definition) is 3. The first-order valence-electron chi connectivity index (χ1n) is 6.53. The van der Waals surface area contributed by atoms with Crippen molar-refractivity contribution in [3.05, 3.63) is 71.0 Å². The van der Waals surface area contributed by atoms with Crippen molar-refractivity contribution in [1.82, 2.24) is 4.40 Å². The van der Waals surface area contributed by atoms with E-state index in [0.717, 1.165) is 5.56 Å². The van der Waals surface area contributed by atoms with Gasteiger partial charge >= 0.3 is 0 Å². The summed E-state index contributed by atoms with van der Waals surface area (Å²) in [5.74, 6) is -0.185. The van der Waals surface area contributed by atoms with Gasteiger partial charge in [0.15, 0.2) is 0 Å². The van der Waals surface area contributed by atoms with E-state index in [2.05, 4.69) is 6.07 Å². The second-order valence-electron chi connectivity index (χ2n) is 4.90. The zero-order valence-electron chi connectivity index (χ0n) is 11.5. The van der Waals surface area contributed by atoms with Gasteiger partial charge in [-0.2, -0.15) is 5.26 Å². The third-order valence-electron chi connectivity index (χ3n) is 3.52. The number of aryl methyl sites for hydroxylation is 1. The minimum atomic E-state index is -0.185. The minimum absolute atomic E-state index is 0.185. The number of pyridine rings is 1. The molecule has 0 aliphatic heterocycles. The smallest absolute Gasteiger partial charge is 0.211 e. The topological polar surface area (TPSA) is 71.3 Å². The van der Waals surface area contributed by atoms with Crippen LogP contribution in [0.4, 0.5) is 5.69 Å². The zero-order chi connectivity index (χ0) is 15.0. The number of rotatable bonds is 2. The number of nitriles is 1. The first-order valence-corrected chi connectivity index (χ1v) is 6.53. The van der Waals surface area contributed by atoms with Gasteiger partial charge in [-0.25, -0.2) is 0 Å².